The van der Waals surface area contributed by atoms with Crippen LogP contribution < -0.4 is 11.5 Å². The summed E-state index contributed by atoms with van der Waals surface area (Å²) in [5.41, 5.74) is 10.4. The fourth-order valence-corrected chi connectivity index (χ4v) is 0.515. The molecular formula is C8H14MgN2. The Labute approximate surface area is 84.9 Å². The summed E-state index contributed by atoms with van der Waals surface area (Å²) in [4.78, 5) is 0. The molecule has 3 heteroatoms. The molecule has 0 aromatic carbocycles. The van der Waals surface area contributed by atoms with E-state index in [0.29, 0.717) is 13.1 Å². The van der Waals surface area contributed by atoms with Crippen molar-refractivity contribution >= 4 is 23.1 Å². The van der Waals surface area contributed by atoms with E-state index in [1.807, 2.05) is 12.2 Å². The smallest absolute Gasteiger partial charge is 0.502 e. The zero-order valence-corrected chi connectivity index (χ0v) is 8.26. The first kappa shape index (κ1) is 13.7. The van der Waals surface area contributed by atoms with Gasteiger partial charge in [0.2, 0.25) is 0 Å². The van der Waals surface area contributed by atoms with Gasteiger partial charge in [0.05, 0.1) is 0 Å². The van der Waals surface area contributed by atoms with E-state index in [1.165, 1.54) is 0 Å². The third-order valence-corrected chi connectivity index (χ3v) is 0.938. The van der Waals surface area contributed by atoms with Gasteiger partial charge in [-0.2, -0.15) is 0 Å². The molecule has 11 heavy (non-hydrogen) atoms. The molecule has 0 heterocycles. The molecule has 0 aliphatic carbocycles. The van der Waals surface area contributed by atoms with Crippen LogP contribution in [0.2, 0.25) is 0 Å². The van der Waals surface area contributed by atoms with E-state index in [-0.39, 0.29) is 23.1 Å². The van der Waals surface area contributed by atoms with Gasteiger partial charge in [0.25, 0.3) is 0 Å². The molecular weight excluding hydrogens is 148 g/mol. The maximum Gasteiger partial charge on any atom is 2.00 e. The maximum absolute atomic E-state index is 5.20. The van der Waals surface area contributed by atoms with Crippen molar-refractivity contribution in [2.75, 3.05) is 13.1 Å². The molecule has 0 aliphatic rings. The predicted octanol–water partition coefficient (Wildman–Crippen LogP) is 0.0220. The molecule has 0 aromatic rings. The van der Waals surface area contributed by atoms with Crippen molar-refractivity contribution in [2.24, 2.45) is 11.5 Å². The Morgan fingerprint density at radius 3 is 1.55 bits per heavy atom. The number of allylic oxidation sites excluding steroid dienone is 2. The normalized spacial score (nSPS) is 10.7. The topological polar surface area (TPSA) is 52.0 Å². The van der Waals surface area contributed by atoms with E-state index in [9.17, 15) is 0 Å². The number of nitrogens with two attached hydrogens (primary N) is 2. The van der Waals surface area contributed by atoms with Crippen LogP contribution in [0.15, 0.2) is 12.2 Å². The van der Waals surface area contributed by atoms with Crippen LogP contribution in [0.3, 0.4) is 0 Å². The molecule has 58 valence electrons. The molecule has 0 fully saturated rings. The van der Waals surface area contributed by atoms with Crippen LogP contribution in [-0.4, -0.2) is 36.1 Å². The van der Waals surface area contributed by atoms with Crippen molar-refractivity contribution in [1.82, 2.24) is 0 Å². The summed E-state index contributed by atoms with van der Waals surface area (Å²) in [6, 6.07) is 0. The van der Waals surface area contributed by atoms with Crippen LogP contribution >= 0.6 is 0 Å². The van der Waals surface area contributed by atoms with E-state index >= 15 is 0 Å². The minimum absolute atomic E-state index is 0. The summed E-state index contributed by atoms with van der Waals surface area (Å²) in [7, 11) is 0. The largest absolute Gasteiger partial charge is 2.00 e. The van der Waals surface area contributed by atoms with Crippen LogP contribution in [0.25, 0.3) is 0 Å². The summed E-state index contributed by atoms with van der Waals surface area (Å²) >= 11 is 0. The van der Waals surface area contributed by atoms with E-state index in [2.05, 4.69) is 12.2 Å². The molecule has 0 spiro atoms. The molecule has 2 nitrogen and oxygen atoms in total. The summed E-state index contributed by atoms with van der Waals surface area (Å²) in [6.07, 6.45) is 11.5. The van der Waals surface area contributed by atoms with Crippen molar-refractivity contribution in [3.8, 4) is 0 Å². The Morgan fingerprint density at radius 1 is 0.909 bits per heavy atom. The SMILES string of the molecule is NCC=[C-]CC[C-]=CCN.[Mg+2]. The average Bonchev–Trinajstić information content (AvgIpc) is 1.97. The fourth-order valence-electron chi connectivity index (χ4n) is 0.515. The molecule has 0 atom stereocenters. The summed E-state index contributed by atoms with van der Waals surface area (Å²) in [6.45, 7) is 1.14. The van der Waals surface area contributed by atoms with Gasteiger partial charge in [0.1, 0.15) is 0 Å². The summed E-state index contributed by atoms with van der Waals surface area (Å²) in [5.74, 6) is 0. The first-order valence-electron chi connectivity index (χ1n) is 3.42. The first-order chi connectivity index (χ1) is 4.91. The molecule has 0 unspecified atom stereocenters. The minimum atomic E-state index is 0. The van der Waals surface area contributed by atoms with Gasteiger partial charge in [-0.3, -0.25) is 12.2 Å². The van der Waals surface area contributed by atoms with E-state index < -0.39 is 0 Å². The number of unbranched alkanes of at least 4 members (excludes halogenated alkanes) is 1. The molecule has 0 amide bonds. The Kier molecular flexibility index (Phi) is 16.0. The average molecular weight is 163 g/mol. The third kappa shape index (κ3) is 13.2. The first-order valence-corrected chi connectivity index (χ1v) is 3.42. The molecule has 0 radical (unpaired) electrons. The standard InChI is InChI=1S/C8H14N2.Mg/c9-7-5-3-1-2-4-6-8-10;/h5-6H,1-2,7-10H2;/q-2;+2. The number of rotatable bonds is 5. The van der Waals surface area contributed by atoms with Crippen molar-refractivity contribution in [1.29, 1.82) is 0 Å². The van der Waals surface area contributed by atoms with Crippen LogP contribution in [0, 0.1) is 12.2 Å². The van der Waals surface area contributed by atoms with Crippen molar-refractivity contribution in [2.45, 2.75) is 12.8 Å². The van der Waals surface area contributed by atoms with Gasteiger partial charge in [-0.1, -0.05) is 0 Å². The molecule has 0 bridgehead atoms. The van der Waals surface area contributed by atoms with Gasteiger partial charge < -0.3 is 23.6 Å². The fraction of sp³-hybridized carbons (Fsp3) is 0.500. The van der Waals surface area contributed by atoms with Crippen LogP contribution in [0.5, 0.6) is 0 Å². The number of hydrogen-bond acceptors (Lipinski definition) is 2. The summed E-state index contributed by atoms with van der Waals surface area (Å²) in [5, 5.41) is 0. The monoisotopic (exact) mass is 162 g/mol. The van der Waals surface area contributed by atoms with Gasteiger partial charge in [-0.05, 0) is 13.1 Å². The second-order valence-corrected chi connectivity index (χ2v) is 1.79. The molecule has 4 N–H and O–H groups in total. The van der Waals surface area contributed by atoms with Crippen LogP contribution in [0.1, 0.15) is 12.8 Å². The summed E-state index contributed by atoms with van der Waals surface area (Å²) < 4.78 is 0. The van der Waals surface area contributed by atoms with E-state index in [0.717, 1.165) is 12.8 Å². The van der Waals surface area contributed by atoms with Crippen molar-refractivity contribution < 1.29 is 0 Å². The molecule has 0 saturated carbocycles. The Morgan fingerprint density at radius 2 is 1.27 bits per heavy atom. The second-order valence-electron chi connectivity index (χ2n) is 1.79. The minimum Gasteiger partial charge on any atom is -0.502 e. The Balaban J connectivity index is 0. The van der Waals surface area contributed by atoms with Gasteiger partial charge in [0.15, 0.2) is 0 Å². The van der Waals surface area contributed by atoms with Crippen molar-refractivity contribution in [3.63, 3.8) is 0 Å². The van der Waals surface area contributed by atoms with Gasteiger partial charge in [0, 0.05) is 0 Å². The van der Waals surface area contributed by atoms with Gasteiger partial charge in [-0.15, -0.1) is 0 Å². The van der Waals surface area contributed by atoms with Gasteiger partial charge in [-0.25, -0.2) is 12.8 Å². The maximum atomic E-state index is 5.20. The van der Waals surface area contributed by atoms with Gasteiger partial charge >= 0.3 is 23.1 Å². The number of hydrogen-bond donors (Lipinski definition) is 2. The third-order valence-electron chi connectivity index (χ3n) is 0.938. The predicted molar refractivity (Wildman–Crippen MR) is 48.7 cm³/mol. The molecule has 0 aromatic heterocycles. The van der Waals surface area contributed by atoms with E-state index in [4.69, 9.17) is 11.5 Å². The van der Waals surface area contributed by atoms with Crippen LogP contribution in [-0.2, 0) is 0 Å². The zero-order valence-electron chi connectivity index (χ0n) is 6.84. The molecule has 0 rings (SSSR count). The zero-order chi connectivity index (χ0) is 7.66. The van der Waals surface area contributed by atoms with E-state index in [1.54, 1.807) is 0 Å². The Hall–Kier alpha value is 0.166. The van der Waals surface area contributed by atoms with Crippen molar-refractivity contribution in [3.05, 3.63) is 24.3 Å². The molecule has 0 saturated heterocycles. The molecule has 0 aliphatic heterocycles. The van der Waals surface area contributed by atoms with Crippen LogP contribution in [0.4, 0.5) is 0 Å². The quantitative estimate of drug-likeness (QED) is 0.340. The second kappa shape index (κ2) is 12.8. The Bertz CT molecular complexity index is 96.7.